The minimum atomic E-state index is -4.10. The van der Waals surface area contributed by atoms with Crippen LogP contribution in [0.5, 0.6) is 0 Å². The molecule has 6 heteroatoms. The van der Waals surface area contributed by atoms with E-state index >= 15 is 0 Å². The fourth-order valence-electron chi connectivity index (χ4n) is 2.95. The van der Waals surface area contributed by atoms with Gasteiger partial charge in [-0.3, -0.25) is 0 Å². The fourth-order valence-corrected chi connectivity index (χ4v) is 2.95. The Morgan fingerprint density at radius 2 is 1.66 bits per heavy atom. The zero-order chi connectivity index (χ0) is 21.2. The fraction of sp³-hybridized carbons (Fsp3) is 0.130. The first-order valence-electron chi connectivity index (χ1n) is 9.00. The summed E-state index contributed by atoms with van der Waals surface area (Å²) >= 11 is 0. The van der Waals surface area contributed by atoms with E-state index in [1.807, 2.05) is 31.3 Å². The highest BCUT2D eigenvalue weighted by atomic mass is 19.4. The number of nitrogens with two attached hydrogens (primary N) is 1. The summed E-state index contributed by atoms with van der Waals surface area (Å²) in [5.74, 6) is 0. The zero-order valence-corrected chi connectivity index (χ0v) is 16.0. The van der Waals surface area contributed by atoms with Gasteiger partial charge in [0, 0.05) is 28.2 Å². The highest BCUT2D eigenvalue weighted by Crippen LogP contribution is 2.36. The molecule has 1 heterocycles. The third-order valence-electron chi connectivity index (χ3n) is 4.63. The summed E-state index contributed by atoms with van der Waals surface area (Å²) < 4.78 is 35.5. The Bertz CT molecular complexity index is 1090. The lowest BCUT2D eigenvalue weighted by molar-refractivity contribution is -0.127. The van der Waals surface area contributed by atoms with Crippen molar-refractivity contribution < 1.29 is 13.2 Å². The number of aromatic amines is 1. The Kier molecular flexibility index (Phi) is 5.55. The van der Waals surface area contributed by atoms with Gasteiger partial charge < -0.3 is 16.0 Å². The molecule has 0 fully saturated rings. The molecule has 1 aliphatic rings. The zero-order valence-electron chi connectivity index (χ0n) is 16.0. The van der Waals surface area contributed by atoms with Crippen molar-refractivity contribution in [3.63, 3.8) is 0 Å². The highest BCUT2D eigenvalue weighted by molar-refractivity contribution is 5.94. The second-order valence-electron chi connectivity index (χ2n) is 6.90. The van der Waals surface area contributed by atoms with Gasteiger partial charge in [0.1, 0.15) is 0 Å². The van der Waals surface area contributed by atoms with Gasteiger partial charge in [0.25, 0.3) is 0 Å². The number of anilines is 1. The molecule has 0 saturated heterocycles. The first-order valence-corrected chi connectivity index (χ1v) is 9.00. The van der Waals surface area contributed by atoms with Gasteiger partial charge in [0.2, 0.25) is 0 Å². The largest absolute Gasteiger partial charge is 0.397 e. The Labute approximate surface area is 167 Å². The quantitative estimate of drug-likeness (QED) is 0.510. The maximum absolute atomic E-state index is 11.8. The van der Waals surface area contributed by atoms with E-state index in [4.69, 9.17) is 5.73 Å². The molecule has 150 valence electrons. The normalized spacial score (nSPS) is 13.8. The predicted molar refractivity (Wildman–Crippen MR) is 112 cm³/mol. The van der Waals surface area contributed by atoms with Gasteiger partial charge in [-0.15, -0.1) is 0 Å². The number of fused-ring (bicyclic) bond motifs is 1. The summed E-state index contributed by atoms with van der Waals surface area (Å²) in [7, 11) is 0. The summed E-state index contributed by atoms with van der Waals surface area (Å²) in [6.45, 7) is 9.60. The van der Waals surface area contributed by atoms with E-state index in [1.54, 1.807) is 12.1 Å². The molecule has 1 aromatic heterocycles. The van der Waals surface area contributed by atoms with Crippen LogP contribution >= 0.6 is 0 Å². The van der Waals surface area contributed by atoms with Crippen molar-refractivity contribution in [2.75, 3.05) is 5.32 Å². The summed E-state index contributed by atoms with van der Waals surface area (Å²) in [5, 5.41) is 4.43. The van der Waals surface area contributed by atoms with Crippen molar-refractivity contribution in [2.24, 2.45) is 5.73 Å². The maximum Gasteiger partial charge on any atom is 0.393 e. The molecule has 4 rings (SSSR count). The van der Waals surface area contributed by atoms with Crippen LogP contribution in [0.1, 0.15) is 11.1 Å². The molecule has 0 radical (unpaired) electrons. The Morgan fingerprint density at radius 1 is 1.00 bits per heavy atom. The summed E-state index contributed by atoms with van der Waals surface area (Å²) in [6, 6.07) is 14.5. The molecule has 29 heavy (non-hydrogen) atoms. The van der Waals surface area contributed by atoms with Crippen LogP contribution < -0.4 is 11.1 Å². The molecule has 3 nitrogen and oxygen atoms in total. The Hall–Kier alpha value is -3.41. The van der Waals surface area contributed by atoms with E-state index in [-0.39, 0.29) is 0 Å². The van der Waals surface area contributed by atoms with Crippen LogP contribution in [0, 0.1) is 6.92 Å². The van der Waals surface area contributed by atoms with Gasteiger partial charge in [-0.2, -0.15) is 13.2 Å². The average molecular weight is 397 g/mol. The molecule has 0 unspecified atom stereocenters. The van der Waals surface area contributed by atoms with Crippen LogP contribution in [0.3, 0.4) is 0 Å². The molecule has 3 aromatic rings. The van der Waals surface area contributed by atoms with Crippen molar-refractivity contribution in [2.45, 2.75) is 19.5 Å². The molecular formula is C23H22F3N3. The first-order chi connectivity index (χ1) is 13.7. The molecule has 0 aliphatic heterocycles. The van der Waals surface area contributed by atoms with Crippen LogP contribution in [0.4, 0.5) is 18.9 Å². The van der Waals surface area contributed by atoms with Crippen LogP contribution in [0.15, 0.2) is 90.4 Å². The maximum atomic E-state index is 11.8. The minimum Gasteiger partial charge on any atom is -0.397 e. The van der Waals surface area contributed by atoms with Gasteiger partial charge in [-0.1, -0.05) is 61.2 Å². The van der Waals surface area contributed by atoms with E-state index in [9.17, 15) is 13.2 Å². The number of alkyl halides is 3. The van der Waals surface area contributed by atoms with Gasteiger partial charge in [-0.25, -0.2) is 0 Å². The van der Waals surface area contributed by atoms with E-state index in [0.29, 0.717) is 11.3 Å². The molecule has 0 amide bonds. The number of allylic oxidation sites excluding steroid dienone is 2. The molecule has 2 aromatic carbocycles. The third-order valence-corrected chi connectivity index (χ3v) is 4.63. The summed E-state index contributed by atoms with van der Waals surface area (Å²) in [4.78, 5) is 3.20. The number of halogens is 3. The van der Waals surface area contributed by atoms with Crippen LogP contribution in [0.25, 0.3) is 10.9 Å². The Morgan fingerprint density at radius 3 is 2.28 bits per heavy atom. The van der Waals surface area contributed by atoms with Crippen molar-refractivity contribution in [3.8, 4) is 0 Å². The van der Waals surface area contributed by atoms with Gasteiger partial charge in [0.15, 0.2) is 0 Å². The average Bonchev–Trinajstić information content (AvgIpc) is 3.09. The third kappa shape index (κ3) is 4.71. The van der Waals surface area contributed by atoms with Crippen molar-refractivity contribution in [1.29, 1.82) is 0 Å². The SMILES string of the molecule is C=C1C(=C)C(Nc2c[nH]c3ccccc23)=C1N.Cc1ccc(CC(F)(F)F)cc1. The highest BCUT2D eigenvalue weighted by Gasteiger charge is 2.27. The number of hydrogen-bond acceptors (Lipinski definition) is 2. The lowest BCUT2D eigenvalue weighted by atomic mass is 9.90. The molecule has 0 bridgehead atoms. The van der Waals surface area contributed by atoms with E-state index < -0.39 is 12.6 Å². The lowest BCUT2D eigenvalue weighted by Gasteiger charge is -2.26. The van der Waals surface area contributed by atoms with E-state index in [0.717, 1.165) is 39.0 Å². The summed E-state index contributed by atoms with van der Waals surface area (Å²) in [5.41, 5.74) is 12.5. The number of rotatable bonds is 3. The number of aromatic nitrogens is 1. The molecule has 4 N–H and O–H groups in total. The minimum absolute atomic E-state index is 0.313. The number of nitrogens with one attached hydrogen (secondary N) is 2. The van der Waals surface area contributed by atoms with E-state index in [2.05, 4.69) is 29.5 Å². The first kappa shape index (κ1) is 20.3. The molecule has 0 spiro atoms. The number of para-hydroxylation sites is 1. The summed E-state index contributed by atoms with van der Waals surface area (Å²) in [6.07, 6.45) is -3.01. The number of H-pyrrole nitrogens is 1. The van der Waals surface area contributed by atoms with Crippen LogP contribution in [0.2, 0.25) is 0 Å². The van der Waals surface area contributed by atoms with Crippen molar-refractivity contribution in [3.05, 3.63) is 102 Å². The Balaban J connectivity index is 0.000000177. The van der Waals surface area contributed by atoms with Crippen LogP contribution in [-0.2, 0) is 6.42 Å². The predicted octanol–water partition coefficient (Wildman–Crippen LogP) is 5.98. The van der Waals surface area contributed by atoms with Gasteiger partial charge in [-0.05, 0) is 18.6 Å². The van der Waals surface area contributed by atoms with Gasteiger partial charge >= 0.3 is 6.18 Å². The monoisotopic (exact) mass is 397 g/mol. The lowest BCUT2D eigenvalue weighted by Crippen LogP contribution is -2.23. The smallest absolute Gasteiger partial charge is 0.393 e. The number of hydrogen-bond donors (Lipinski definition) is 3. The molecule has 1 aliphatic carbocycles. The standard InChI is InChI=1S/C14H13N3.C9H9F3/c1-8-9(2)14(13(8)15)17-12-7-16-11-6-4-3-5-10(11)12;1-7-2-4-8(5-3-7)6-9(10,11)12/h3-7,16-17H,1-2,15H2;2-5H,6H2,1H3. The number of aryl methyl sites for hydroxylation is 1. The van der Waals surface area contributed by atoms with Crippen molar-refractivity contribution >= 4 is 16.6 Å². The number of benzene rings is 2. The topological polar surface area (TPSA) is 53.8 Å². The van der Waals surface area contributed by atoms with E-state index in [1.165, 1.54) is 12.1 Å². The second kappa shape index (κ2) is 7.91. The van der Waals surface area contributed by atoms with Gasteiger partial charge in [0.05, 0.1) is 23.5 Å². The second-order valence-corrected chi connectivity index (χ2v) is 6.90. The van der Waals surface area contributed by atoms with Crippen molar-refractivity contribution in [1.82, 2.24) is 4.98 Å². The molecule has 0 atom stereocenters. The molecule has 0 saturated carbocycles. The van der Waals surface area contributed by atoms with Crippen LogP contribution in [-0.4, -0.2) is 11.2 Å². The molecular weight excluding hydrogens is 375 g/mol.